The van der Waals surface area contributed by atoms with Crippen molar-refractivity contribution >= 4 is 5.91 Å². The van der Waals surface area contributed by atoms with Gasteiger partial charge in [-0.05, 0) is 62.3 Å². The molecule has 3 heteroatoms. The number of carbonyl (C=O) groups is 1. The van der Waals surface area contributed by atoms with E-state index in [0.717, 1.165) is 37.9 Å². The molecule has 18 heavy (non-hydrogen) atoms. The fourth-order valence-corrected chi connectivity index (χ4v) is 3.57. The zero-order chi connectivity index (χ0) is 12.7. The zero-order valence-electron chi connectivity index (χ0n) is 11.5. The summed E-state index contributed by atoms with van der Waals surface area (Å²) in [4.78, 5) is 14.9. The molecule has 2 unspecified atom stereocenters. The van der Waals surface area contributed by atoms with E-state index in [4.69, 9.17) is 5.73 Å². The molecule has 3 aliphatic rings. The van der Waals surface area contributed by atoms with Crippen LogP contribution in [-0.4, -0.2) is 30.4 Å². The van der Waals surface area contributed by atoms with Gasteiger partial charge in [0.2, 0.25) is 5.91 Å². The number of hydrogen-bond acceptors (Lipinski definition) is 2. The van der Waals surface area contributed by atoms with E-state index in [1.54, 1.807) is 0 Å². The van der Waals surface area contributed by atoms with E-state index < -0.39 is 0 Å². The summed E-state index contributed by atoms with van der Waals surface area (Å²) in [7, 11) is 0. The molecular formula is C15H26N2O. The first kappa shape index (κ1) is 12.5. The lowest BCUT2D eigenvalue weighted by molar-refractivity contribution is -0.139. The average molecular weight is 250 g/mol. The van der Waals surface area contributed by atoms with Crippen LogP contribution in [0.15, 0.2) is 0 Å². The molecule has 0 bridgehead atoms. The SMILES string of the molecule is CC1CCN(C(=O)C(C2CC2)C2CC2)CC1CN. The number of nitrogens with two attached hydrogens (primary N) is 1. The highest BCUT2D eigenvalue weighted by atomic mass is 16.2. The Morgan fingerprint density at radius 3 is 2.33 bits per heavy atom. The smallest absolute Gasteiger partial charge is 0.226 e. The van der Waals surface area contributed by atoms with Gasteiger partial charge in [0.05, 0.1) is 0 Å². The Balaban J connectivity index is 1.64. The largest absolute Gasteiger partial charge is 0.342 e. The molecule has 0 spiro atoms. The molecule has 0 radical (unpaired) electrons. The van der Waals surface area contributed by atoms with Crippen LogP contribution in [0.3, 0.4) is 0 Å². The number of rotatable bonds is 4. The van der Waals surface area contributed by atoms with E-state index in [9.17, 15) is 4.79 Å². The van der Waals surface area contributed by atoms with E-state index in [1.807, 2.05) is 0 Å². The molecular weight excluding hydrogens is 224 g/mol. The number of piperidine rings is 1. The first-order valence-corrected chi connectivity index (χ1v) is 7.69. The third-order valence-electron chi connectivity index (χ3n) is 5.27. The normalized spacial score (nSPS) is 32.9. The summed E-state index contributed by atoms with van der Waals surface area (Å²) in [5, 5.41) is 0. The van der Waals surface area contributed by atoms with E-state index >= 15 is 0 Å². The van der Waals surface area contributed by atoms with Crippen molar-refractivity contribution in [1.29, 1.82) is 0 Å². The molecule has 2 N–H and O–H groups in total. The topological polar surface area (TPSA) is 46.3 Å². The lowest BCUT2D eigenvalue weighted by Gasteiger charge is -2.38. The van der Waals surface area contributed by atoms with Crippen molar-refractivity contribution in [3.05, 3.63) is 0 Å². The van der Waals surface area contributed by atoms with Crippen LogP contribution in [0.5, 0.6) is 0 Å². The highest BCUT2D eigenvalue weighted by molar-refractivity contribution is 5.80. The molecule has 0 aromatic rings. The van der Waals surface area contributed by atoms with Crippen LogP contribution in [0.1, 0.15) is 39.0 Å². The second-order valence-electron chi connectivity index (χ2n) is 6.75. The van der Waals surface area contributed by atoms with Crippen molar-refractivity contribution < 1.29 is 4.79 Å². The van der Waals surface area contributed by atoms with Crippen molar-refractivity contribution in [2.75, 3.05) is 19.6 Å². The summed E-state index contributed by atoms with van der Waals surface area (Å²) >= 11 is 0. The van der Waals surface area contributed by atoms with Gasteiger partial charge in [-0.25, -0.2) is 0 Å². The molecule has 3 fully saturated rings. The van der Waals surface area contributed by atoms with Crippen LogP contribution in [0.25, 0.3) is 0 Å². The Morgan fingerprint density at radius 2 is 1.83 bits per heavy atom. The van der Waals surface area contributed by atoms with Gasteiger partial charge in [-0.15, -0.1) is 0 Å². The van der Waals surface area contributed by atoms with E-state index in [1.165, 1.54) is 25.7 Å². The van der Waals surface area contributed by atoms with Gasteiger partial charge in [-0.2, -0.15) is 0 Å². The summed E-state index contributed by atoms with van der Waals surface area (Å²) < 4.78 is 0. The minimum absolute atomic E-state index is 0.372. The monoisotopic (exact) mass is 250 g/mol. The maximum absolute atomic E-state index is 12.7. The minimum Gasteiger partial charge on any atom is -0.342 e. The Kier molecular flexibility index (Phi) is 3.35. The van der Waals surface area contributed by atoms with Gasteiger partial charge >= 0.3 is 0 Å². The third-order valence-corrected chi connectivity index (χ3v) is 5.27. The lowest BCUT2D eigenvalue weighted by atomic mass is 9.86. The van der Waals surface area contributed by atoms with Crippen molar-refractivity contribution in [3.8, 4) is 0 Å². The number of amides is 1. The summed E-state index contributed by atoms with van der Waals surface area (Å²) in [6.45, 7) is 4.87. The molecule has 102 valence electrons. The van der Waals surface area contributed by atoms with Crippen LogP contribution < -0.4 is 5.73 Å². The highest BCUT2D eigenvalue weighted by Gasteiger charge is 2.47. The average Bonchev–Trinajstić information content (AvgIpc) is 3.24. The highest BCUT2D eigenvalue weighted by Crippen LogP contribution is 2.50. The predicted molar refractivity (Wildman–Crippen MR) is 71.8 cm³/mol. The number of likely N-dealkylation sites (tertiary alicyclic amines) is 1. The molecule has 2 atom stereocenters. The Bertz CT molecular complexity index is 310. The maximum atomic E-state index is 12.7. The quantitative estimate of drug-likeness (QED) is 0.828. The van der Waals surface area contributed by atoms with Crippen LogP contribution in [-0.2, 0) is 4.79 Å². The maximum Gasteiger partial charge on any atom is 0.226 e. The van der Waals surface area contributed by atoms with Crippen LogP contribution in [0.4, 0.5) is 0 Å². The molecule has 1 saturated heterocycles. The summed E-state index contributed by atoms with van der Waals surface area (Å²) in [6.07, 6.45) is 6.29. The summed E-state index contributed by atoms with van der Waals surface area (Å²) in [6, 6.07) is 0. The molecule has 3 nitrogen and oxygen atoms in total. The zero-order valence-corrected chi connectivity index (χ0v) is 11.5. The fourth-order valence-electron chi connectivity index (χ4n) is 3.57. The lowest BCUT2D eigenvalue weighted by Crippen LogP contribution is -2.48. The van der Waals surface area contributed by atoms with Gasteiger partial charge in [0.1, 0.15) is 0 Å². The molecule has 1 amide bonds. The van der Waals surface area contributed by atoms with Gasteiger partial charge in [0.25, 0.3) is 0 Å². The van der Waals surface area contributed by atoms with E-state index in [-0.39, 0.29) is 0 Å². The molecule has 2 aliphatic carbocycles. The number of carbonyl (C=O) groups excluding carboxylic acids is 1. The first-order chi connectivity index (χ1) is 8.70. The second-order valence-corrected chi connectivity index (χ2v) is 6.75. The Morgan fingerprint density at radius 1 is 1.22 bits per heavy atom. The standard InChI is InChI=1S/C15H26N2O/c1-10-6-7-17(9-13(10)8-16)15(18)14(11-2-3-11)12-4-5-12/h10-14H,2-9,16H2,1H3. The first-order valence-electron chi connectivity index (χ1n) is 7.69. The van der Waals surface area contributed by atoms with Gasteiger partial charge in [-0.1, -0.05) is 6.92 Å². The molecule has 0 aromatic heterocycles. The van der Waals surface area contributed by atoms with Gasteiger partial charge in [-0.3, -0.25) is 4.79 Å². The van der Waals surface area contributed by atoms with Gasteiger partial charge in [0, 0.05) is 19.0 Å². The van der Waals surface area contributed by atoms with E-state index in [2.05, 4.69) is 11.8 Å². The van der Waals surface area contributed by atoms with E-state index in [0.29, 0.717) is 23.7 Å². The van der Waals surface area contributed by atoms with Crippen molar-refractivity contribution in [2.24, 2.45) is 35.3 Å². The molecule has 1 aliphatic heterocycles. The van der Waals surface area contributed by atoms with Gasteiger partial charge < -0.3 is 10.6 Å². The molecule has 0 aromatic carbocycles. The Hall–Kier alpha value is -0.570. The minimum atomic E-state index is 0.372. The van der Waals surface area contributed by atoms with Crippen molar-refractivity contribution in [1.82, 2.24) is 4.90 Å². The molecule has 3 rings (SSSR count). The molecule has 1 heterocycles. The number of nitrogens with zero attached hydrogens (tertiary/aromatic N) is 1. The van der Waals surface area contributed by atoms with Crippen LogP contribution in [0, 0.1) is 29.6 Å². The number of hydrogen-bond donors (Lipinski definition) is 1. The van der Waals surface area contributed by atoms with Crippen molar-refractivity contribution in [3.63, 3.8) is 0 Å². The van der Waals surface area contributed by atoms with Crippen LogP contribution in [0.2, 0.25) is 0 Å². The fraction of sp³-hybridized carbons (Fsp3) is 0.933. The van der Waals surface area contributed by atoms with Crippen molar-refractivity contribution in [2.45, 2.75) is 39.0 Å². The Labute approximate surface area is 110 Å². The third kappa shape index (κ3) is 2.42. The van der Waals surface area contributed by atoms with Crippen LogP contribution >= 0.6 is 0 Å². The second kappa shape index (κ2) is 4.84. The predicted octanol–water partition coefficient (Wildman–Crippen LogP) is 1.87. The summed E-state index contributed by atoms with van der Waals surface area (Å²) in [5.41, 5.74) is 5.84. The molecule has 2 saturated carbocycles. The van der Waals surface area contributed by atoms with Gasteiger partial charge in [0.15, 0.2) is 0 Å². The summed E-state index contributed by atoms with van der Waals surface area (Å²) in [5.74, 6) is 3.48.